The smallest absolute Gasteiger partial charge is 0.251 e. The van der Waals surface area contributed by atoms with Crippen LogP contribution < -0.4 is 5.56 Å². The molecule has 0 radical (unpaired) electrons. The fourth-order valence-corrected chi connectivity index (χ4v) is 3.08. The number of nitrogens with zero attached hydrogens (tertiary/aromatic N) is 1. The largest absolute Gasteiger partial charge is 0.389 e. The molecule has 0 unspecified atom stereocenters. The van der Waals surface area contributed by atoms with E-state index in [0.717, 1.165) is 18.2 Å². The molecular formula is C15H17FN2O2S. The molecule has 0 aliphatic rings. The standard InChI is InChI=1S/C15H17FN2O2S/c1-3-5-10-8-13(20)18-15(17-10)21-12-7-4-6-11(16)14(12)9(2)19/h4,6-9,19H,3,5H2,1-2H3,(H,17,18,20)/t9-/m0/s1. The molecule has 112 valence electrons. The fraction of sp³-hybridized carbons (Fsp3) is 0.333. The van der Waals surface area contributed by atoms with Crippen molar-refractivity contribution >= 4 is 11.8 Å². The van der Waals surface area contributed by atoms with Crippen LogP contribution in [0.3, 0.4) is 0 Å². The van der Waals surface area contributed by atoms with E-state index in [-0.39, 0.29) is 11.1 Å². The van der Waals surface area contributed by atoms with Gasteiger partial charge in [-0.1, -0.05) is 31.2 Å². The van der Waals surface area contributed by atoms with Crippen molar-refractivity contribution in [1.82, 2.24) is 9.97 Å². The summed E-state index contributed by atoms with van der Waals surface area (Å²) in [6, 6.07) is 6.03. The predicted molar refractivity (Wildman–Crippen MR) is 80.0 cm³/mol. The second-order valence-electron chi connectivity index (χ2n) is 4.72. The Morgan fingerprint density at radius 2 is 2.24 bits per heavy atom. The highest BCUT2D eigenvalue weighted by atomic mass is 32.2. The van der Waals surface area contributed by atoms with Gasteiger partial charge in [0, 0.05) is 22.2 Å². The van der Waals surface area contributed by atoms with Crippen molar-refractivity contribution in [2.24, 2.45) is 0 Å². The molecule has 0 saturated carbocycles. The quantitative estimate of drug-likeness (QED) is 0.833. The van der Waals surface area contributed by atoms with Crippen molar-refractivity contribution in [3.05, 3.63) is 51.7 Å². The van der Waals surface area contributed by atoms with Gasteiger partial charge in [-0.25, -0.2) is 9.37 Å². The second-order valence-corrected chi connectivity index (χ2v) is 5.75. The fourth-order valence-electron chi connectivity index (χ4n) is 2.03. The lowest BCUT2D eigenvalue weighted by Gasteiger charge is -2.12. The highest BCUT2D eigenvalue weighted by molar-refractivity contribution is 7.99. The van der Waals surface area contributed by atoms with Crippen molar-refractivity contribution in [3.8, 4) is 0 Å². The minimum absolute atomic E-state index is 0.214. The monoisotopic (exact) mass is 308 g/mol. The van der Waals surface area contributed by atoms with Gasteiger partial charge in [0.05, 0.1) is 6.10 Å². The normalized spacial score (nSPS) is 12.4. The van der Waals surface area contributed by atoms with Crippen molar-refractivity contribution < 1.29 is 9.50 Å². The van der Waals surface area contributed by atoms with E-state index in [1.54, 1.807) is 12.1 Å². The minimum Gasteiger partial charge on any atom is -0.389 e. The summed E-state index contributed by atoms with van der Waals surface area (Å²) in [5, 5.41) is 10.1. The number of aliphatic hydroxyl groups is 1. The number of rotatable bonds is 5. The van der Waals surface area contributed by atoms with Crippen LogP contribution in [0.5, 0.6) is 0 Å². The molecule has 1 atom stereocenters. The van der Waals surface area contributed by atoms with Crippen LogP contribution in [-0.4, -0.2) is 15.1 Å². The van der Waals surface area contributed by atoms with E-state index in [1.165, 1.54) is 19.1 Å². The zero-order chi connectivity index (χ0) is 15.4. The number of hydrogen-bond acceptors (Lipinski definition) is 4. The Kier molecular flexibility index (Phi) is 5.14. The maximum atomic E-state index is 13.8. The average Bonchev–Trinajstić information content (AvgIpc) is 2.37. The molecule has 6 heteroatoms. The highest BCUT2D eigenvalue weighted by Gasteiger charge is 2.15. The van der Waals surface area contributed by atoms with Crippen molar-refractivity contribution in [2.45, 2.75) is 42.8 Å². The molecule has 2 N–H and O–H groups in total. The van der Waals surface area contributed by atoms with E-state index in [9.17, 15) is 14.3 Å². The van der Waals surface area contributed by atoms with Crippen LogP contribution in [0.2, 0.25) is 0 Å². The van der Waals surface area contributed by atoms with E-state index in [4.69, 9.17) is 0 Å². The Bertz CT molecular complexity index is 686. The van der Waals surface area contributed by atoms with E-state index >= 15 is 0 Å². The molecule has 1 aromatic carbocycles. The van der Waals surface area contributed by atoms with Crippen LogP contribution >= 0.6 is 11.8 Å². The molecule has 1 aromatic heterocycles. The SMILES string of the molecule is CCCc1cc(=O)[nH]c(Sc2cccc(F)c2[C@H](C)O)n1. The van der Waals surface area contributed by atoms with Gasteiger partial charge in [-0.15, -0.1) is 0 Å². The second kappa shape index (κ2) is 6.87. The Labute approximate surface area is 126 Å². The number of benzene rings is 1. The summed E-state index contributed by atoms with van der Waals surface area (Å²) in [5.41, 5.74) is 0.691. The molecule has 0 bridgehead atoms. The number of aryl methyl sites for hydroxylation is 1. The Morgan fingerprint density at radius 1 is 1.48 bits per heavy atom. The van der Waals surface area contributed by atoms with Gasteiger partial charge in [-0.2, -0.15) is 0 Å². The number of nitrogens with one attached hydrogen (secondary N) is 1. The molecule has 4 nitrogen and oxygen atoms in total. The molecule has 0 aliphatic heterocycles. The van der Waals surface area contributed by atoms with E-state index < -0.39 is 11.9 Å². The van der Waals surface area contributed by atoms with E-state index in [1.807, 2.05) is 6.92 Å². The molecule has 1 heterocycles. The molecule has 0 amide bonds. The van der Waals surface area contributed by atoms with Crippen LogP contribution in [-0.2, 0) is 6.42 Å². The molecule has 0 fully saturated rings. The van der Waals surface area contributed by atoms with Gasteiger partial charge < -0.3 is 10.1 Å². The first-order chi connectivity index (χ1) is 10.0. The summed E-state index contributed by atoms with van der Waals surface area (Å²) in [6.07, 6.45) is 0.669. The van der Waals surface area contributed by atoms with Crippen molar-refractivity contribution in [2.75, 3.05) is 0 Å². The minimum atomic E-state index is -0.931. The van der Waals surface area contributed by atoms with Gasteiger partial charge in [-0.3, -0.25) is 4.79 Å². The molecule has 2 rings (SSSR count). The van der Waals surface area contributed by atoms with Crippen molar-refractivity contribution in [3.63, 3.8) is 0 Å². The van der Waals surface area contributed by atoms with E-state index in [0.29, 0.717) is 22.2 Å². The third-order valence-electron chi connectivity index (χ3n) is 2.92. The van der Waals surface area contributed by atoms with Gasteiger partial charge in [-0.05, 0) is 25.5 Å². The summed E-state index contributed by atoms with van der Waals surface area (Å²) < 4.78 is 13.8. The summed E-state index contributed by atoms with van der Waals surface area (Å²) in [5.74, 6) is -0.470. The summed E-state index contributed by atoms with van der Waals surface area (Å²) in [7, 11) is 0. The average molecular weight is 308 g/mol. The van der Waals surface area contributed by atoms with Gasteiger partial charge in [0.15, 0.2) is 5.16 Å². The number of halogens is 1. The Hall–Kier alpha value is -1.66. The first kappa shape index (κ1) is 15.7. The molecule has 0 saturated heterocycles. The predicted octanol–water partition coefficient (Wildman–Crippen LogP) is 3.07. The lowest BCUT2D eigenvalue weighted by Crippen LogP contribution is -2.10. The third kappa shape index (κ3) is 3.92. The Morgan fingerprint density at radius 3 is 2.90 bits per heavy atom. The zero-order valence-electron chi connectivity index (χ0n) is 11.9. The number of aliphatic hydroxyl groups excluding tert-OH is 1. The lowest BCUT2D eigenvalue weighted by molar-refractivity contribution is 0.191. The molecular weight excluding hydrogens is 291 g/mol. The van der Waals surface area contributed by atoms with Gasteiger partial charge >= 0.3 is 0 Å². The van der Waals surface area contributed by atoms with Gasteiger partial charge in [0.25, 0.3) is 5.56 Å². The summed E-state index contributed by atoms with van der Waals surface area (Å²) >= 11 is 1.14. The third-order valence-corrected chi connectivity index (χ3v) is 3.88. The molecule has 21 heavy (non-hydrogen) atoms. The maximum Gasteiger partial charge on any atom is 0.251 e. The van der Waals surface area contributed by atoms with Crippen LogP contribution in [0.1, 0.15) is 37.6 Å². The highest BCUT2D eigenvalue weighted by Crippen LogP contribution is 2.32. The number of H-pyrrole nitrogens is 1. The van der Waals surface area contributed by atoms with Crippen LogP contribution in [0.25, 0.3) is 0 Å². The van der Waals surface area contributed by atoms with Gasteiger partial charge in [0.2, 0.25) is 0 Å². The van der Waals surface area contributed by atoms with Crippen LogP contribution in [0.4, 0.5) is 4.39 Å². The van der Waals surface area contributed by atoms with Crippen LogP contribution in [0, 0.1) is 5.82 Å². The molecule has 0 aliphatic carbocycles. The maximum absolute atomic E-state index is 13.8. The number of aromatic nitrogens is 2. The number of hydrogen-bond donors (Lipinski definition) is 2. The number of aromatic amines is 1. The van der Waals surface area contributed by atoms with Crippen molar-refractivity contribution in [1.29, 1.82) is 0 Å². The first-order valence-electron chi connectivity index (χ1n) is 6.75. The van der Waals surface area contributed by atoms with Gasteiger partial charge in [0.1, 0.15) is 5.82 Å². The summed E-state index contributed by atoms with van der Waals surface area (Å²) in [6.45, 7) is 3.51. The lowest BCUT2D eigenvalue weighted by atomic mass is 10.1. The zero-order valence-corrected chi connectivity index (χ0v) is 12.7. The summed E-state index contributed by atoms with van der Waals surface area (Å²) in [4.78, 5) is 19.2. The van der Waals surface area contributed by atoms with E-state index in [2.05, 4.69) is 9.97 Å². The van der Waals surface area contributed by atoms with Crippen LogP contribution in [0.15, 0.2) is 39.1 Å². The molecule has 0 spiro atoms. The molecule has 2 aromatic rings. The Balaban J connectivity index is 2.39. The topological polar surface area (TPSA) is 66.0 Å². The first-order valence-corrected chi connectivity index (χ1v) is 7.57.